The number of amides is 4. The molecule has 2 unspecified atom stereocenters. The molecule has 0 fully saturated rings. The van der Waals surface area contributed by atoms with Crippen LogP contribution in [0.3, 0.4) is 0 Å². The molecule has 17 rings (SSSR count). The lowest BCUT2D eigenvalue weighted by molar-refractivity contribution is 0.0814. The van der Waals surface area contributed by atoms with Gasteiger partial charge in [-0.1, -0.05) is 279 Å². The van der Waals surface area contributed by atoms with E-state index >= 15 is 28.8 Å². The van der Waals surface area contributed by atoms with Crippen LogP contribution >= 0.6 is 0 Å². The van der Waals surface area contributed by atoms with E-state index in [2.05, 4.69) is 0 Å². The van der Waals surface area contributed by atoms with Crippen molar-refractivity contribution in [3.05, 3.63) is 358 Å². The Morgan fingerprint density at radius 1 is 0.191 bits per heavy atom. The number of anilines is 2. The summed E-state index contributed by atoms with van der Waals surface area (Å²) in [7, 11) is 0. The summed E-state index contributed by atoms with van der Waals surface area (Å²) in [6.07, 6.45) is 0. The molecule has 2 heterocycles. The quantitative estimate of drug-likeness (QED) is 0.126. The maximum absolute atomic E-state index is 18.3. The standard InChI is InChI=1S/C86H52N2O6/c89-81-73-61(51-31-11-1-12-32-51)69-65(55-39-19-5-20-40-55)77-78(84(92)87(83(77)91)59-47-27-9-28-48-59)66(56-41-21-6-22-42-56)70(69)62(52-33-13-2-14-34-52)74(73)82(90)76-64(54-37-17-4-18-38-54)72-68(58-45-25-8-26-46-58)80-79(85(93)88(86(80)94)60-49-29-10-30-50-60)67(57-43-23-7-24-44-57)71(72)63(75(76)81)53-35-15-3-16-36-53/h1-50,73-74H. The Labute approximate surface area is 540 Å². The van der Waals surface area contributed by atoms with E-state index in [0.717, 1.165) is 0 Å². The molecule has 0 bridgehead atoms. The summed E-state index contributed by atoms with van der Waals surface area (Å²) in [5.74, 6) is -5.51. The van der Waals surface area contributed by atoms with Gasteiger partial charge in [-0.15, -0.1) is 0 Å². The van der Waals surface area contributed by atoms with Crippen molar-refractivity contribution in [3.63, 3.8) is 0 Å². The van der Waals surface area contributed by atoms with Crippen LogP contribution in [0.2, 0.25) is 0 Å². The maximum Gasteiger partial charge on any atom is 0.266 e. The summed E-state index contributed by atoms with van der Waals surface area (Å²) in [6.45, 7) is 0. The van der Waals surface area contributed by atoms with E-state index < -0.39 is 35.5 Å². The van der Waals surface area contributed by atoms with Gasteiger partial charge in [-0.2, -0.15) is 0 Å². The zero-order chi connectivity index (χ0) is 63.3. The summed E-state index contributed by atoms with van der Waals surface area (Å²) in [5.41, 5.74) is 10.3. The monoisotopic (exact) mass is 1210 g/mol. The Bertz CT molecular complexity index is 5190. The first-order valence-electron chi connectivity index (χ1n) is 31.4. The topological polar surface area (TPSA) is 109 Å². The molecular weight excluding hydrogens is 1160 g/mol. The Balaban J connectivity index is 1.14. The minimum atomic E-state index is -1.31. The fourth-order valence-corrected chi connectivity index (χ4v) is 15.4. The van der Waals surface area contributed by atoms with Gasteiger partial charge in [-0.3, -0.25) is 28.8 Å². The molecule has 0 spiro atoms. The second-order valence-corrected chi connectivity index (χ2v) is 24.0. The molecule has 13 aromatic rings. The van der Waals surface area contributed by atoms with Crippen LogP contribution in [0.4, 0.5) is 11.4 Å². The van der Waals surface area contributed by atoms with Crippen LogP contribution in [0.15, 0.2) is 303 Å². The molecular formula is C86H52N2O6. The van der Waals surface area contributed by atoms with Gasteiger partial charge in [0.15, 0.2) is 11.6 Å². The summed E-state index contributed by atoms with van der Waals surface area (Å²) in [4.78, 5) is 104. The Hall–Kier alpha value is -12.5. The normalized spacial score (nSPS) is 15.5. The van der Waals surface area contributed by atoms with Crippen molar-refractivity contribution < 1.29 is 28.8 Å². The van der Waals surface area contributed by atoms with Gasteiger partial charge in [0.2, 0.25) is 0 Å². The zero-order valence-electron chi connectivity index (χ0n) is 50.4. The third-order valence-corrected chi connectivity index (χ3v) is 19.0. The molecule has 94 heavy (non-hydrogen) atoms. The largest absolute Gasteiger partial charge is 0.293 e. The fraction of sp³-hybridized carbons (Fsp3) is 0.0233. The van der Waals surface area contributed by atoms with E-state index in [9.17, 15) is 0 Å². The molecule has 4 amide bonds. The summed E-state index contributed by atoms with van der Waals surface area (Å²) < 4.78 is 0. The molecule has 2 atom stereocenters. The lowest BCUT2D eigenvalue weighted by Gasteiger charge is -2.40. The van der Waals surface area contributed by atoms with Gasteiger partial charge in [0.1, 0.15) is 0 Å². The van der Waals surface area contributed by atoms with Gasteiger partial charge in [-0.25, -0.2) is 9.80 Å². The highest BCUT2D eigenvalue weighted by Crippen LogP contribution is 2.58. The number of Topliss-reactive ketones (excluding diaryl/α,β-unsaturated/α-hetero) is 2. The number of carbonyl (C=O) groups excluding carboxylic acids is 6. The first-order valence-corrected chi connectivity index (χ1v) is 31.4. The maximum atomic E-state index is 18.3. The van der Waals surface area contributed by atoms with E-state index in [1.807, 2.05) is 255 Å². The zero-order valence-corrected chi connectivity index (χ0v) is 50.4. The van der Waals surface area contributed by atoms with Crippen molar-refractivity contribution in [1.29, 1.82) is 0 Å². The molecule has 0 N–H and O–H groups in total. The molecule has 0 saturated carbocycles. The van der Waals surface area contributed by atoms with Crippen molar-refractivity contribution in [2.45, 2.75) is 0 Å². The third-order valence-electron chi connectivity index (χ3n) is 19.0. The number of hydrogen-bond acceptors (Lipinski definition) is 6. The molecule has 8 heteroatoms. The predicted molar refractivity (Wildman–Crippen MR) is 371 cm³/mol. The van der Waals surface area contributed by atoms with Crippen molar-refractivity contribution in [3.8, 4) is 66.8 Å². The van der Waals surface area contributed by atoms with Gasteiger partial charge in [0, 0.05) is 55.3 Å². The molecule has 442 valence electrons. The van der Waals surface area contributed by atoms with Crippen LogP contribution in [0.25, 0.3) is 88.7 Å². The van der Waals surface area contributed by atoms with Crippen LogP contribution in [-0.4, -0.2) is 35.2 Å². The molecule has 8 nitrogen and oxygen atoms in total. The van der Waals surface area contributed by atoms with Crippen molar-refractivity contribution in [2.24, 2.45) is 11.8 Å². The van der Waals surface area contributed by atoms with Crippen molar-refractivity contribution >= 4 is 68.5 Å². The van der Waals surface area contributed by atoms with E-state index in [1.165, 1.54) is 9.80 Å². The first-order chi connectivity index (χ1) is 46.3. The summed E-state index contributed by atoms with van der Waals surface area (Å²) in [6, 6.07) is 94.7. The fourth-order valence-electron chi connectivity index (χ4n) is 15.4. The average Bonchev–Trinajstić information content (AvgIpc) is 1.04. The Morgan fingerprint density at radius 3 is 0.628 bits per heavy atom. The smallest absolute Gasteiger partial charge is 0.266 e. The molecule has 0 aromatic heterocycles. The van der Waals surface area contributed by atoms with Crippen LogP contribution in [0.5, 0.6) is 0 Å². The van der Waals surface area contributed by atoms with Crippen LogP contribution in [-0.2, 0) is 0 Å². The molecule has 0 saturated heterocycles. The average molecular weight is 1210 g/mol. The van der Waals surface area contributed by atoms with Gasteiger partial charge in [-0.05, 0) is 90.4 Å². The second kappa shape index (κ2) is 22.2. The number of imide groups is 2. The van der Waals surface area contributed by atoms with E-state index in [1.54, 1.807) is 48.5 Å². The Kier molecular flexibility index (Phi) is 13.1. The molecule has 13 aromatic carbocycles. The molecule has 2 aliphatic heterocycles. The van der Waals surface area contributed by atoms with E-state index in [0.29, 0.717) is 122 Å². The SMILES string of the molecule is O=C1c2c(c(-c3ccccc3)c3c(-c4ccccc4)c4c(c(-c5ccccc5)c3c2-c2ccccc2)C(=O)N(c2ccccc2)C4=O)C(=O)C2C(c3ccccc3)=c3c(-c4ccccc4)c4c(c(-c5ccccc5)c3=C(c3ccccc3)C12)C(=O)N(c1ccccc1)C4=O. The van der Waals surface area contributed by atoms with Crippen molar-refractivity contribution in [2.75, 3.05) is 9.80 Å². The number of hydrogen-bond donors (Lipinski definition) is 0. The lowest BCUT2D eigenvalue weighted by Crippen LogP contribution is -2.50. The summed E-state index contributed by atoms with van der Waals surface area (Å²) in [5, 5.41) is 2.10. The van der Waals surface area contributed by atoms with Crippen LogP contribution in [0.1, 0.15) is 73.3 Å². The van der Waals surface area contributed by atoms with Gasteiger partial charge >= 0.3 is 0 Å². The van der Waals surface area contributed by atoms with Gasteiger partial charge in [0.05, 0.1) is 45.5 Å². The number of benzene rings is 13. The number of rotatable bonds is 10. The summed E-state index contributed by atoms with van der Waals surface area (Å²) >= 11 is 0. The molecule has 0 radical (unpaired) electrons. The second-order valence-electron chi connectivity index (χ2n) is 24.0. The highest BCUT2D eigenvalue weighted by molar-refractivity contribution is 6.44. The van der Waals surface area contributed by atoms with Gasteiger partial charge in [0.25, 0.3) is 23.6 Å². The van der Waals surface area contributed by atoms with Gasteiger partial charge < -0.3 is 0 Å². The number of para-hydroxylation sites is 2. The molecule has 2 aliphatic carbocycles. The highest BCUT2D eigenvalue weighted by Gasteiger charge is 2.54. The van der Waals surface area contributed by atoms with E-state index in [-0.39, 0.29) is 44.9 Å². The minimum Gasteiger partial charge on any atom is -0.293 e. The first kappa shape index (κ1) is 55.5. The number of fused-ring (bicyclic) bond motifs is 6. The van der Waals surface area contributed by atoms with Crippen LogP contribution in [0, 0.1) is 11.8 Å². The number of nitrogens with zero attached hydrogens (tertiary/aromatic N) is 2. The minimum absolute atomic E-state index is 0.146. The molecule has 4 aliphatic rings. The van der Waals surface area contributed by atoms with Crippen LogP contribution < -0.4 is 20.2 Å². The number of carbonyl (C=O) groups is 6. The lowest BCUT2D eigenvalue weighted by atomic mass is 9.59. The Morgan fingerprint density at radius 2 is 0.383 bits per heavy atom. The predicted octanol–water partition coefficient (Wildman–Crippen LogP) is 17.2. The third kappa shape index (κ3) is 8.26. The highest BCUT2D eigenvalue weighted by atomic mass is 16.2. The number of ketones is 2. The van der Waals surface area contributed by atoms with E-state index in [4.69, 9.17) is 0 Å². The van der Waals surface area contributed by atoms with Crippen molar-refractivity contribution in [1.82, 2.24) is 0 Å².